The van der Waals surface area contributed by atoms with Gasteiger partial charge in [0.25, 0.3) is 12.1 Å². The van der Waals surface area contributed by atoms with E-state index in [9.17, 15) is 23.7 Å². The number of halogens is 2. The van der Waals surface area contributed by atoms with Crippen LogP contribution in [0.1, 0.15) is 10.4 Å². The van der Waals surface area contributed by atoms with E-state index in [1.54, 1.807) is 0 Å². The predicted octanol–water partition coefficient (Wildman–Crippen LogP) is 1.36. The fraction of sp³-hybridized carbons (Fsp3) is 0.364. The molecule has 0 aromatic heterocycles. The highest BCUT2D eigenvalue weighted by Crippen LogP contribution is 2.32. The topological polar surface area (TPSA) is 104 Å². The molecular formula is C11H12F2N2O5. The first-order valence-electron chi connectivity index (χ1n) is 5.53. The first-order chi connectivity index (χ1) is 9.38. The largest absolute Gasteiger partial charge is 0.478 e. The van der Waals surface area contributed by atoms with Gasteiger partial charge in [0.15, 0.2) is 0 Å². The lowest BCUT2D eigenvalue weighted by molar-refractivity contribution is -0.384. The van der Waals surface area contributed by atoms with E-state index < -0.39 is 47.4 Å². The van der Waals surface area contributed by atoms with Crippen molar-refractivity contribution in [3.63, 3.8) is 0 Å². The van der Waals surface area contributed by atoms with Gasteiger partial charge in [-0.1, -0.05) is 6.07 Å². The van der Waals surface area contributed by atoms with Gasteiger partial charge in [0.1, 0.15) is 5.69 Å². The number of hydrogen-bond acceptors (Lipinski definition) is 5. The molecule has 1 aromatic rings. The number of carboxylic acids is 1. The molecule has 7 nitrogen and oxygen atoms in total. The molecule has 0 heterocycles. The summed E-state index contributed by atoms with van der Waals surface area (Å²) in [7, 11) is 0. The fourth-order valence-corrected chi connectivity index (χ4v) is 1.77. The Morgan fingerprint density at radius 2 is 2.10 bits per heavy atom. The number of nitrogens with zero attached hydrogens (tertiary/aromatic N) is 2. The molecule has 0 fully saturated rings. The number of hydrogen-bond donors (Lipinski definition) is 2. The van der Waals surface area contributed by atoms with Crippen molar-refractivity contribution in [3.05, 3.63) is 33.9 Å². The molecule has 0 amide bonds. The van der Waals surface area contributed by atoms with Gasteiger partial charge in [0.2, 0.25) is 0 Å². The monoisotopic (exact) mass is 290 g/mol. The highest BCUT2D eigenvalue weighted by molar-refractivity contribution is 5.97. The van der Waals surface area contributed by atoms with Crippen molar-refractivity contribution < 1.29 is 28.7 Å². The Hall–Kier alpha value is -2.29. The lowest BCUT2D eigenvalue weighted by atomic mass is 10.1. The Bertz CT molecular complexity index is 477. The summed E-state index contributed by atoms with van der Waals surface area (Å²) in [5.74, 6) is -1.47. The highest BCUT2D eigenvalue weighted by Gasteiger charge is 2.27. The SMILES string of the molecule is O=C(O)c1cccc([N+](=O)[O-])c1N(CCO)CC(F)F. The molecule has 0 bridgehead atoms. The van der Waals surface area contributed by atoms with E-state index in [1.165, 1.54) is 0 Å². The minimum absolute atomic E-state index is 0.338. The standard InChI is InChI=1S/C11H12F2N2O5/c12-9(13)6-14(4-5-16)10-7(11(17)18)2-1-3-8(10)15(19)20/h1-3,9,16H,4-6H2,(H,17,18). The molecule has 0 spiro atoms. The van der Waals surface area contributed by atoms with Crippen molar-refractivity contribution in [2.24, 2.45) is 0 Å². The molecule has 0 saturated carbocycles. The van der Waals surface area contributed by atoms with E-state index in [0.29, 0.717) is 0 Å². The molecular weight excluding hydrogens is 278 g/mol. The maximum Gasteiger partial charge on any atom is 0.338 e. The van der Waals surface area contributed by atoms with Crippen LogP contribution in [0.4, 0.5) is 20.2 Å². The Labute approximate surface area is 112 Å². The zero-order valence-corrected chi connectivity index (χ0v) is 10.2. The van der Waals surface area contributed by atoms with Crippen LogP contribution in [-0.4, -0.2) is 47.2 Å². The minimum atomic E-state index is -2.83. The Morgan fingerprint density at radius 1 is 1.45 bits per heavy atom. The number of aliphatic hydroxyl groups is 1. The third-order valence-corrected chi connectivity index (χ3v) is 2.49. The molecule has 9 heteroatoms. The van der Waals surface area contributed by atoms with E-state index >= 15 is 0 Å². The normalized spacial score (nSPS) is 10.6. The smallest absolute Gasteiger partial charge is 0.338 e. The van der Waals surface area contributed by atoms with Crippen LogP contribution >= 0.6 is 0 Å². The summed E-state index contributed by atoms with van der Waals surface area (Å²) >= 11 is 0. The minimum Gasteiger partial charge on any atom is -0.478 e. The number of carboxylic acid groups (broad SMARTS) is 1. The fourth-order valence-electron chi connectivity index (χ4n) is 1.77. The first-order valence-corrected chi connectivity index (χ1v) is 5.53. The molecule has 1 aromatic carbocycles. The molecule has 0 atom stereocenters. The maximum absolute atomic E-state index is 12.5. The maximum atomic E-state index is 12.5. The number of carbonyl (C=O) groups is 1. The number of rotatable bonds is 7. The van der Waals surface area contributed by atoms with Crippen molar-refractivity contribution >= 4 is 17.3 Å². The van der Waals surface area contributed by atoms with Gasteiger partial charge in [-0.15, -0.1) is 0 Å². The molecule has 20 heavy (non-hydrogen) atoms. The molecule has 2 N–H and O–H groups in total. The van der Waals surface area contributed by atoms with E-state index in [0.717, 1.165) is 23.1 Å². The number of aliphatic hydroxyl groups excluding tert-OH is 1. The molecule has 0 aliphatic heterocycles. The second-order valence-corrected chi connectivity index (χ2v) is 3.80. The number of para-hydroxylation sites is 1. The van der Waals surface area contributed by atoms with Gasteiger partial charge < -0.3 is 15.1 Å². The van der Waals surface area contributed by atoms with Gasteiger partial charge in [-0.25, -0.2) is 13.6 Å². The molecule has 0 aliphatic carbocycles. The second kappa shape index (κ2) is 6.75. The Kier molecular flexibility index (Phi) is 5.32. The van der Waals surface area contributed by atoms with Crippen LogP contribution in [0.25, 0.3) is 0 Å². The summed E-state index contributed by atoms with van der Waals surface area (Å²) in [5, 5.41) is 28.8. The van der Waals surface area contributed by atoms with E-state index in [-0.39, 0.29) is 6.54 Å². The second-order valence-electron chi connectivity index (χ2n) is 3.80. The lowest BCUT2D eigenvalue weighted by Gasteiger charge is -2.24. The summed E-state index contributed by atoms with van der Waals surface area (Å²) in [4.78, 5) is 22.0. The van der Waals surface area contributed by atoms with Crippen LogP contribution in [0.15, 0.2) is 18.2 Å². The van der Waals surface area contributed by atoms with E-state index in [4.69, 9.17) is 10.2 Å². The third-order valence-electron chi connectivity index (χ3n) is 2.49. The first kappa shape index (κ1) is 15.8. The molecule has 0 saturated heterocycles. The summed E-state index contributed by atoms with van der Waals surface area (Å²) in [6, 6.07) is 3.27. The van der Waals surface area contributed by atoms with Gasteiger partial charge in [-0.2, -0.15) is 0 Å². The zero-order valence-electron chi connectivity index (χ0n) is 10.2. The average Bonchev–Trinajstić information content (AvgIpc) is 2.36. The summed E-state index contributed by atoms with van der Waals surface area (Å²) in [6.07, 6.45) is -2.83. The highest BCUT2D eigenvalue weighted by atomic mass is 19.3. The number of anilines is 1. The van der Waals surface area contributed by atoms with Gasteiger partial charge in [0.05, 0.1) is 23.6 Å². The average molecular weight is 290 g/mol. The molecule has 0 aliphatic rings. The summed E-state index contributed by atoms with van der Waals surface area (Å²) < 4.78 is 25.0. The van der Waals surface area contributed by atoms with Crippen LogP contribution in [0.3, 0.4) is 0 Å². The summed E-state index contributed by atoms with van der Waals surface area (Å²) in [6.45, 7) is -1.79. The molecule has 110 valence electrons. The van der Waals surface area contributed by atoms with Crippen molar-refractivity contribution in [2.75, 3.05) is 24.6 Å². The van der Waals surface area contributed by atoms with Crippen LogP contribution < -0.4 is 4.90 Å². The molecule has 1 rings (SSSR count). The van der Waals surface area contributed by atoms with Crippen molar-refractivity contribution in [3.8, 4) is 0 Å². The molecule has 0 unspecified atom stereocenters. The number of benzene rings is 1. The van der Waals surface area contributed by atoms with Crippen LogP contribution in [-0.2, 0) is 0 Å². The van der Waals surface area contributed by atoms with Crippen LogP contribution in [0.5, 0.6) is 0 Å². The van der Waals surface area contributed by atoms with E-state index in [1.807, 2.05) is 0 Å². The number of alkyl halides is 2. The number of nitro benzene ring substituents is 1. The van der Waals surface area contributed by atoms with Gasteiger partial charge in [-0.05, 0) is 6.07 Å². The number of nitro groups is 1. The van der Waals surface area contributed by atoms with Crippen LogP contribution in [0.2, 0.25) is 0 Å². The lowest BCUT2D eigenvalue weighted by Crippen LogP contribution is -2.33. The van der Waals surface area contributed by atoms with E-state index in [2.05, 4.69) is 0 Å². The predicted molar refractivity (Wildman–Crippen MR) is 65.4 cm³/mol. The van der Waals surface area contributed by atoms with Gasteiger partial charge in [0, 0.05) is 12.6 Å². The zero-order chi connectivity index (χ0) is 15.3. The van der Waals surface area contributed by atoms with Crippen molar-refractivity contribution in [2.45, 2.75) is 6.43 Å². The number of aromatic carboxylic acids is 1. The Balaban J connectivity index is 3.42. The Morgan fingerprint density at radius 3 is 2.55 bits per heavy atom. The third kappa shape index (κ3) is 3.60. The van der Waals surface area contributed by atoms with Crippen molar-refractivity contribution in [1.82, 2.24) is 0 Å². The molecule has 0 radical (unpaired) electrons. The van der Waals surface area contributed by atoms with Gasteiger partial charge >= 0.3 is 5.97 Å². The van der Waals surface area contributed by atoms with Gasteiger partial charge in [-0.3, -0.25) is 10.1 Å². The van der Waals surface area contributed by atoms with Crippen molar-refractivity contribution in [1.29, 1.82) is 0 Å². The summed E-state index contributed by atoms with van der Waals surface area (Å²) in [5.41, 5.74) is -1.49. The van der Waals surface area contributed by atoms with Crippen LogP contribution in [0, 0.1) is 10.1 Å². The quantitative estimate of drug-likeness (QED) is 0.580.